The molecule has 0 aliphatic heterocycles. The Kier molecular flexibility index (Phi) is 4.33. The summed E-state index contributed by atoms with van der Waals surface area (Å²) in [6, 6.07) is 18.3. The van der Waals surface area contributed by atoms with Gasteiger partial charge in [0.15, 0.2) is 0 Å². The van der Waals surface area contributed by atoms with Crippen LogP contribution in [0.15, 0.2) is 48.5 Å². The Bertz CT molecular complexity index is 648. The van der Waals surface area contributed by atoms with Gasteiger partial charge in [0, 0.05) is 5.92 Å². The molecule has 2 rings (SSSR count). The van der Waals surface area contributed by atoms with E-state index in [4.69, 9.17) is 4.74 Å². The largest absolute Gasteiger partial charge is 0.497 e. The summed E-state index contributed by atoms with van der Waals surface area (Å²) >= 11 is 0. The minimum absolute atomic E-state index is 0.000676. The van der Waals surface area contributed by atoms with Crippen molar-refractivity contribution in [2.24, 2.45) is 5.41 Å². The third-order valence-corrected chi connectivity index (χ3v) is 3.69. The molecule has 0 fully saturated rings. The number of methoxy groups -OCH3 is 1. The van der Waals surface area contributed by atoms with Crippen LogP contribution in [0.4, 0.5) is 0 Å². The molecule has 0 saturated heterocycles. The quantitative estimate of drug-likeness (QED) is 0.812. The summed E-state index contributed by atoms with van der Waals surface area (Å²) in [6.45, 7) is 6.60. The lowest BCUT2D eigenvalue weighted by molar-refractivity contribution is 0.356. The Morgan fingerprint density at radius 1 is 1.05 bits per heavy atom. The van der Waals surface area contributed by atoms with E-state index in [-0.39, 0.29) is 11.3 Å². The van der Waals surface area contributed by atoms with Crippen LogP contribution < -0.4 is 4.74 Å². The second kappa shape index (κ2) is 6.01. The summed E-state index contributed by atoms with van der Waals surface area (Å²) in [5.74, 6) is 0.928. The first kappa shape index (κ1) is 15.1. The molecule has 0 aliphatic rings. The fraction of sp³-hybridized carbons (Fsp3) is 0.316. The highest BCUT2D eigenvalue weighted by Gasteiger charge is 2.30. The van der Waals surface area contributed by atoms with Gasteiger partial charge in [0.2, 0.25) is 0 Å². The number of hydrogen-bond donors (Lipinski definition) is 0. The van der Waals surface area contributed by atoms with Crippen molar-refractivity contribution in [2.75, 3.05) is 7.11 Å². The lowest BCUT2D eigenvalue weighted by Crippen LogP contribution is -2.20. The number of hydrogen-bond acceptors (Lipinski definition) is 2. The highest BCUT2D eigenvalue weighted by molar-refractivity contribution is 5.48. The van der Waals surface area contributed by atoms with E-state index in [1.807, 2.05) is 36.4 Å². The van der Waals surface area contributed by atoms with Crippen LogP contribution in [0.3, 0.4) is 0 Å². The molecule has 0 spiro atoms. The van der Waals surface area contributed by atoms with Crippen LogP contribution in [0.2, 0.25) is 0 Å². The van der Waals surface area contributed by atoms with Gasteiger partial charge in [0.1, 0.15) is 5.75 Å². The average Bonchev–Trinajstić information content (AvgIpc) is 2.47. The molecule has 2 nitrogen and oxygen atoms in total. The van der Waals surface area contributed by atoms with Crippen molar-refractivity contribution >= 4 is 0 Å². The second-order valence-electron chi connectivity index (χ2n) is 6.27. The summed E-state index contributed by atoms with van der Waals surface area (Å²) in [6.07, 6.45) is 0. The smallest absolute Gasteiger partial charge is 0.119 e. The normalized spacial score (nSPS) is 12.5. The maximum Gasteiger partial charge on any atom is 0.119 e. The van der Waals surface area contributed by atoms with Crippen molar-refractivity contribution in [2.45, 2.75) is 26.7 Å². The van der Waals surface area contributed by atoms with Gasteiger partial charge in [-0.3, -0.25) is 0 Å². The predicted molar refractivity (Wildman–Crippen MR) is 85.4 cm³/mol. The van der Waals surface area contributed by atoms with Crippen molar-refractivity contribution in [3.8, 4) is 11.8 Å². The van der Waals surface area contributed by atoms with Gasteiger partial charge < -0.3 is 4.74 Å². The number of nitriles is 1. The first-order chi connectivity index (χ1) is 9.97. The molecular weight excluding hydrogens is 258 g/mol. The van der Waals surface area contributed by atoms with Crippen LogP contribution in [0, 0.1) is 16.7 Å². The van der Waals surface area contributed by atoms with Crippen molar-refractivity contribution in [3.05, 3.63) is 65.2 Å². The number of nitrogens with zero attached hydrogens (tertiary/aromatic N) is 1. The molecular formula is C19H21NO. The van der Waals surface area contributed by atoms with Crippen molar-refractivity contribution < 1.29 is 4.74 Å². The van der Waals surface area contributed by atoms with E-state index in [2.05, 4.69) is 39.0 Å². The van der Waals surface area contributed by atoms with Gasteiger partial charge in [-0.25, -0.2) is 0 Å². The molecule has 1 atom stereocenters. The Morgan fingerprint density at radius 2 is 1.71 bits per heavy atom. The molecule has 0 amide bonds. The van der Waals surface area contributed by atoms with E-state index in [1.165, 1.54) is 5.56 Å². The van der Waals surface area contributed by atoms with Crippen LogP contribution in [-0.2, 0) is 0 Å². The first-order valence-corrected chi connectivity index (χ1v) is 7.10. The molecule has 0 heterocycles. The Labute approximate surface area is 127 Å². The lowest BCUT2D eigenvalue weighted by Gasteiger charge is -2.32. The van der Waals surface area contributed by atoms with Gasteiger partial charge in [-0.15, -0.1) is 0 Å². The standard InChI is InChI=1S/C19H21NO/c1-19(2,3)18(14-8-6-5-7-9-14)17-12-16(21-4)11-10-15(17)13-20/h5-12,18H,1-4H3. The molecule has 0 bridgehead atoms. The second-order valence-corrected chi connectivity index (χ2v) is 6.27. The highest BCUT2D eigenvalue weighted by Crippen LogP contribution is 2.42. The van der Waals surface area contributed by atoms with Crippen molar-refractivity contribution in [3.63, 3.8) is 0 Å². The van der Waals surface area contributed by atoms with Crippen molar-refractivity contribution in [1.29, 1.82) is 5.26 Å². The average molecular weight is 279 g/mol. The minimum atomic E-state index is -0.000676. The van der Waals surface area contributed by atoms with Crippen LogP contribution in [0.1, 0.15) is 43.4 Å². The van der Waals surface area contributed by atoms with Gasteiger partial charge in [0.25, 0.3) is 0 Å². The molecule has 0 N–H and O–H groups in total. The fourth-order valence-electron chi connectivity index (χ4n) is 2.80. The van der Waals surface area contributed by atoms with Crippen LogP contribution >= 0.6 is 0 Å². The summed E-state index contributed by atoms with van der Waals surface area (Å²) in [4.78, 5) is 0. The summed E-state index contributed by atoms with van der Waals surface area (Å²) in [5.41, 5.74) is 2.95. The Balaban J connectivity index is 2.65. The van der Waals surface area contributed by atoms with Gasteiger partial charge in [-0.2, -0.15) is 5.26 Å². The summed E-state index contributed by atoms with van der Waals surface area (Å²) < 4.78 is 5.34. The molecule has 0 aliphatic carbocycles. The van der Waals surface area contributed by atoms with Crippen LogP contribution in [0.5, 0.6) is 5.75 Å². The van der Waals surface area contributed by atoms with E-state index < -0.39 is 0 Å². The maximum absolute atomic E-state index is 9.45. The highest BCUT2D eigenvalue weighted by atomic mass is 16.5. The Hall–Kier alpha value is -2.27. The summed E-state index contributed by atoms with van der Waals surface area (Å²) in [5, 5.41) is 9.45. The predicted octanol–water partition coefficient (Wildman–Crippen LogP) is 4.74. The molecule has 0 saturated carbocycles. The number of benzene rings is 2. The third kappa shape index (κ3) is 3.25. The van der Waals surface area contributed by atoms with E-state index in [9.17, 15) is 5.26 Å². The zero-order valence-electron chi connectivity index (χ0n) is 13.1. The number of ether oxygens (including phenoxy) is 1. The molecule has 1 unspecified atom stereocenters. The topological polar surface area (TPSA) is 33.0 Å². The van der Waals surface area contributed by atoms with Gasteiger partial charge >= 0.3 is 0 Å². The monoisotopic (exact) mass is 279 g/mol. The molecule has 108 valence electrons. The van der Waals surface area contributed by atoms with Gasteiger partial charge in [0.05, 0.1) is 18.7 Å². The van der Waals surface area contributed by atoms with E-state index in [0.29, 0.717) is 5.56 Å². The van der Waals surface area contributed by atoms with Crippen LogP contribution in [0.25, 0.3) is 0 Å². The molecule has 2 heteroatoms. The summed E-state index contributed by atoms with van der Waals surface area (Å²) in [7, 11) is 1.65. The fourth-order valence-corrected chi connectivity index (χ4v) is 2.80. The lowest BCUT2D eigenvalue weighted by atomic mass is 9.71. The van der Waals surface area contributed by atoms with E-state index >= 15 is 0 Å². The SMILES string of the molecule is COc1ccc(C#N)c(C(c2ccccc2)C(C)(C)C)c1. The van der Waals surface area contributed by atoms with Gasteiger partial charge in [-0.05, 0) is 34.7 Å². The minimum Gasteiger partial charge on any atom is -0.497 e. The molecule has 2 aromatic carbocycles. The molecule has 0 aromatic heterocycles. The van der Waals surface area contributed by atoms with E-state index in [1.54, 1.807) is 7.11 Å². The molecule has 21 heavy (non-hydrogen) atoms. The molecule has 0 radical (unpaired) electrons. The van der Waals surface area contributed by atoms with Gasteiger partial charge in [-0.1, -0.05) is 51.1 Å². The number of rotatable bonds is 3. The zero-order chi connectivity index (χ0) is 15.5. The maximum atomic E-state index is 9.45. The molecule has 2 aromatic rings. The third-order valence-electron chi connectivity index (χ3n) is 3.69. The van der Waals surface area contributed by atoms with E-state index in [0.717, 1.165) is 11.3 Å². The Morgan fingerprint density at radius 3 is 2.24 bits per heavy atom. The van der Waals surface area contributed by atoms with Crippen molar-refractivity contribution in [1.82, 2.24) is 0 Å². The first-order valence-electron chi connectivity index (χ1n) is 7.10. The van der Waals surface area contributed by atoms with Crippen LogP contribution in [-0.4, -0.2) is 7.11 Å². The zero-order valence-corrected chi connectivity index (χ0v) is 13.1.